The SMILES string of the molecule is Cc1ccc([N+](=O)[O-])c(OCCCn2ccnc2)c1. The van der Waals surface area contributed by atoms with E-state index in [1.807, 2.05) is 17.7 Å². The van der Waals surface area contributed by atoms with E-state index in [0.29, 0.717) is 12.4 Å². The molecule has 2 rings (SSSR count). The fraction of sp³-hybridized carbons (Fsp3) is 0.308. The van der Waals surface area contributed by atoms with Gasteiger partial charge in [0.05, 0.1) is 17.9 Å². The molecule has 0 aliphatic heterocycles. The molecular formula is C13H15N3O3. The first-order valence-electron chi connectivity index (χ1n) is 6.00. The molecule has 0 aliphatic carbocycles. The van der Waals surface area contributed by atoms with Gasteiger partial charge >= 0.3 is 5.69 Å². The van der Waals surface area contributed by atoms with Gasteiger partial charge in [-0.3, -0.25) is 10.1 Å². The Labute approximate surface area is 110 Å². The van der Waals surface area contributed by atoms with Gasteiger partial charge in [0.2, 0.25) is 0 Å². The molecule has 0 saturated carbocycles. The number of benzene rings is 1. The number of imidazole rings is 1. The zero-order chi connectivity index (χ0) is 13.7. The molecule has 6 heteroatoms. The van der Waals surface area contributed by atoms with E-state index < -0.39 is 4.92 Å². The monoisotopic (exact) mass is 261 g/mol. The number of aromatic nitrogens is 2. The number of rotatable bonds is 6. The molecule has 1 heterocycles. The lowest BCUT2D eigenvalue weighted by Crippen LogP contribution is -2.04. The van der Waals surface area contributed by atoms with Crippen molar-refractivity contribution in [2.75, 3.05) is 6.61 Å². The number of hydrogen-bond donors (Lipinski definition) is 0. The van der Waals surface area contributed by atoms with Gasteiger partial charge in [0.25, 0.3) is 0 Å². The first kappa shape index (κ1) is 13.1. The van der Waals surface area contributed by atoms with E-state index in [1.165, 1.54) is 6.07 Å². The van der Waals surface area contributed by atoms with Crippen molar-refractivity contribution in [3.05, 3.63) is 52.6 Å². The maximum Gasteiger partial charge on any atom is 0.310 e. The van der Waals surface area contributed by atoms with Gasteiger partial charge in [-0.15, -0.1) is 0 Å². The molecule has 0 saturated heterocycles. The maximum atomic E-state index is 10.9. The van der Waals surface area contributed by atoms with Crippen LogP contribution in [0.4, 0.5) is 5.69 Å². The average Bonchev–Trinajstić information content (AvgIpc) is 2.87. The predicted octanol–water partition coefficient (Wildman–Crippen LogP) is 2.57. The fourth-order valence-electron chi connectivity index (χ4n) is 1.74. The predicted molar refractivity (Wildman–Crippen MR) is 70.2 cm³/mol. The average molecular weight is 261 g/mol. The molecule has 1 aromatic heterocycles. The smallest absolute Gasteiger partial charge is 0.310 e. The maximum absolute atomic E-state index is 10.9. The number of nitro benzene ring substituents is 1. The summed E-state index contributed by atoms with van der Waals surface area (Å²) in [5.41, 5.74) is 0.948. The molecule has 19 heavy (non-hydrogen) atoms. The van der Waals surface area contributed by atoms with E-state index in [1.54, 1.807) is 24.7 Å². The summed E-state index contributed by atoms with van der Waals surface area (Å²) >= 11 is 0. The summed E-state index contributed by atoms with van der Waals surface area (Å²) in [5.74, 6) is 0.329. The summed E-state index contributed by atoms with van der Waals surface area (Å²) in [6.45, 7) is 3.09. The topological polar surface area (TPSA) is 70.2 Å². The van der Waals surface area contributed by atoms with Crippen molar-refractivity contribution in [1.29, 1.82) is 0 Å². The molecule has 2 aromatic rings. The second kappa shape index (κ2) is 5.99. The molecule has 0 bridgehead atoms. The molecule has 0 radical (unpaired) electrons. The summed E-state index contributed by atoms with van der Waals surface area (Å²) in [6.07, 6.45) is 6.08. The molecular weight excluding hydrogens is 246 g/mol. The summed E-state index contributed by atoms with van der Waals surface area (Å²) in [7, 11) is 0. The third kappa shape index (κ3) is 3.54. The molecule has 0 aliphatic rings. The highest BCUT2D eigenvalue weighted by atomic mass is 16.6. The number of hydrogen-bond acceptors (Lipinski definition) is 4. The first-order valence-corrected chi connectivity index (χ1v) is 6.00. The highest BCUT2D eigenvalue weighted by molar-refractivity contribution is 5.48. The lowest BCUT2D eigenvalue weighted by atomic mass is 10.2. The molecule has 0 fully saturated rings. The third-order valence-corrected chi connectivity index (χ3v) is 2.69. The quantitative estimate of drug-likeness (QED) is 0.455. The molecule has 1 aromatic carbocycles. The Hall–Kier alpha value is -2.37. The van der Waals surface area contributed by atoms with Crippen molar-refractivity contribution in [3.63, 3.8) is 0 Å². The van der Waals surface area contributed by atoms with Crippen LogP contribution < -0.4 is 4.74 Å². The largest absolute Gasteiger partial charge is 0.487 e. The van der Waals surface area contributed by atoms with Gasteiger partial charge in [-0.1, -0.05) is 6.07 Å². The number of nitro groups is 1. The zero-order valence-corrected chi connectivity index (χ0v) is 10.7. The summed E-state index contributed by atoms with van der Waals surface area (Å²) in [6, 6.07) is 4.87. The molecule has 0 N–H and O–H groups in total. The van der Waals surface area contributed by atoms with Crippen molar-refractivity contribution in [2.24, 2.45) is 0 Å². The number of nitrogens with zero attached hydrogens (tertiary/aromatic N) is 3. The van der Waals surface area contributed by atoms with E-state index in [2.05, 4.69) is 4.98 Å². The number of ether oxygens (including phenoxy) is 1. The summed E-state index contributed by atoms with van der Waals surface area (Å²) in [5, 5.41) is 10.9. The van der Waals surface area contributed by atoms with Crippen LogP contribution in [0.25, 0.3) is 0 Å². The minimum absolute atomic E-state index is 0.00762. The fourth-order valence-corrected chi connectivity index (χ4v) is 1.74. The molecule has 0 unspecified atom stereocenters. The van der Waals surface area contributed by atoms with Gasteiger partial charge in [-0.25, -0.2) is 4.98 Å². The molecule has 0 amide bonds. The van der Waals surface area contributed by atoms with Crippen LogP contribution in [-0.4, -0.2) is 21.1 Å². The van der Waals surface area contributed by atoms with Gasteiger partial charge < -0.3 is 9.30 Å². The Bertz CT molecular complexity index is 552. The highest BCUT2D eigenvalue weighted by Crippen LogP contribution is 2.27. The molecule has 6 nitrogen and oxygen atoms in total. The van der Waals surface area contributed by atoms with E-state index in [9.17, 15) is 10.1 Å². The van der Waals surface area contributed by atoms with Crippen LogP contribution in [0, 0.1) is 17.0 Å². The lowest BCUT2D eigenvalue weighted by molar-refractivity contribution is -0.385. The van der Waals surface area contributed by atoms with Crippen molar-refractivity contribution >= 4 is 5.69 Å². The highest BCUT2D eigenvalue weighted by Gasteiger charge is 2.14. The second-order valence-corrected chi connectivity index (χ2v) is 4.23. The van der Waals surface area contributed by atoms with E-state index >= 15 is 0 Å². The van der Waals surface area contributed by atoms with E-state index in [0.717, 1.165) is 18.5 Å². The Morgan fingerprint density at radius 2 is 2.32 bits per heavy atom. The van der Waals surface area contributed by atoms with Crippen LogP contribution in [-0.2, 0) is 6.54 Å². The Kier molecular flexibility index (Phi) is 4.12. The molecule has 0 spiro atoms. The van der Waals surface area contributed by atoms with E-state index in [-0.39, 0.29) is 5.69 Å². The minimum Gasteiger partial charge on any atom is -0.487 e. The number of aryl methyl sites for hydroxylation is 2. The Balaban J connectivity index is 1.91. The second-order valence-electron chi connectivity index (χ2n) is 4.23. The molecule has 0 atom stereocenters. The minimum atomic E-state index is -0.426. The van der Waals surface area contributed by atoms with Gasteiger partial charge in [-0.05, 0) is 25.0 Å². The normalized spacial score (nSPS) is 10.4. The van der Waals surface area contributed by atoms with Crippen molar-refractivity contribution in [3.8, 4) is 5.75 Å². The van der Waals surface area contributed by atoms with Crippen LogP contribution in [0.15, 0.2) is 36.9 Å². The van der Waals surface area contributed by atoms with Gasteiger partial charge in [0.1, 0.15) is 0 Å². The summed E-state index contributed by atoms with van der Waals surface area (Å²) in [4.78, 5) is 14.4. The van der Waals surface area contributed by atoms with Crippen LogP contribution in [0.1, 0.15) is 12.0 Å². The Morgan fingerprint density at radius 3 is 3.00 bits per heavy atom. The summed E-state index contributed by atoms with van der Waals surface area (Å²) < 4.78 is 7.44. The van der Waals surface area contributed by atoms with Crippen LogP contribution in [0.2, 0.25) is 0 Å². The Morgan fingerprint density at radius 1 is 1.47 bits per heavy atom. The van der Waals surface area contributed by atoms with Gasteiger partial charge in [0.15, 0.2) is 5.75 Å². The van der Waals surface area contributed by atoms with Crippen LogP contribution in [0.5, 0.6) is 5.75 Å². The van der Waals surface area contributed by atoms with Crippen LogP contribution in [0.3, 0.4) is 0 Å². The molecule has 100 valence electrons. The van der Waals surface area contributed by atoms with Crippen LogP contribution >= 0.6 is 0 Å². The van der Waals surface area contributed by atoms with Gasteiger partial charge in [0, 0.05) is 25.0 Å². The lowest BCUT2D eigenvalue weighted by Gasteiger charge is -2.07. The first-order chi connectivity index (χ1) is 9.16. The van der Waals surface area contributed by atoms with E-state index in [4.69, 9.17) is 4.74 Å². The third-order valence-electron chi connectivity index (χ3n) is 2.69. The van der Waals surface area contributed by atoms with Gasteiger partial charge in [-0.2, -0.15) is 0 Å². The van der Waals surface area contributed by atoms with Crippen molar-refractivity contribution in [1.82, 2.24) is 9.55 Å². The standard InChI is InChI=1S/C13H15N3O3/c1-11-3-4-12(16(17)18)13(9-11)19-8-2-6-15-7-5-14-10-15/h3-5,7,9-10H,2,6,8H2,1H3. The van der Waals surface area contributed by atoms with Crippen molar-refractivity contribution in [2.45, 2.75) is 19.9 Å². The zero-order valence-electron chi connectivity index (χ0n) is 10.7. The van der Waals surface area contributed by atoms with Crippen molar-refractivity contribution < 1.29 is 9.66 Å².